The minimum Gasteiger partial charge on any atom is -0.435 e. The summed E-state index contributed by atoms with van der Waals surface area (Å²) in [6.45, 7) is 0.855. The molecule has 2 rings (SSSR count). The minimum absolute atomic E-state index is 0.0528. The Morgan fingerprint density at radius 1 is 1.17 bits per heavy atom. The molecule has 0 atom stereocenters. The molecule has 0 fully saturated rings. The van der Waals surface area contributed by atoms with Crippen molar-refractivity contribution in [3.05, 3.63) is 40.7 Å². The fraction of sp³-hybridized carbons (Fsp3) is 0.308. The zero-order valence-corrected chi connectivity index (χ0v) is 10.1. The number of benzene rings is 1. The van der Waals surface area contributed by atoms with Crippen LogP contribution in [0.2, 0.25) is 0 Å². The van der Waals surface area contributed by atoms with Gasteiger partial charge >= 0.3 is 6.61 Å². The van der Waals surface area contributed by atoms with Crippen molar-refractivity contribution in [3.8, 4) is 5.75 Å². The summed E-state index contributed by atoms with van der Waals surface area (Å²) >= 11 is 0. The lowest BCUT2D eigenvalue weighted by molar-refractivity contribution is -0.0497. The van der Waals surface area contributed by atoms with E-state index in [1.54, 1.807) is 16.7 Å². The molecule has 0 N–H and O–H groups in total. The summed E-state index contributed by atoms with van der Waals surface area (Å²) in [7, 11) is 0. The lowest BCUT2D eigenvalue weighted by Crippen LogP contribution is -2.21. The van der Waals surface area contributed by atoms with Crippen molar-refractivity contribution in [2.24, 2.45) is 0 Å². The van der Waals surface area contributed by atoms with Crippen LogP contribution in [-0.4, -0.2) is 11.2 Å². The number of alkyl halides is 2. The second kappa shape index (κ2) is 4.76. The van der Waals surface area contributed by atoms with Crippen LogP contribution in [0.25, 0.3) is 10.9 Å². The minimum atomic E-state index is -2.87. The van der Waals surface area contributed by atoms with E-state index < -0.39 is 6.61 Å². The first-order chi connectivity index (χ1) is 8.49. The van der Waals surface area contributed by atoms with Crippen LogP contribution in [0.4, 0.5) is 8.78 Å². The Kier molecular flexibility index (Phi) is 3.32. The maximum absolute atomic E-state index is 12.2. The summed E-state index contributed by atoms with van der Waals surface area (Å²) in [6, 6.07) is 7.67. The summed E-state index contributed by atoms with van der Waals surface area (Å²) in [5.41, 5.74) is 0.433. The number of hydrogen-bond acceptors (Lipinski definition) is 2. The van der Waals surface area contributed by atoms with Crippen LogP contribution in [-0.2, 0) is 0 Å². The number of hydrogen-bond donors (Lipinski definition) is 0. The van der Waals surface area contributed by atoms with Crippen LogP contribution in [0.15, 0.2) is 35.1 Å². The van der Waals surface area contributed by atoms with Crippen LogP contribution in [0, 0.1) is 0 Å². The van der Waals surface area contributed by atoms with Crippen LogP contribution < -0.4 is 10.3 Å². The second-order valence-corrected chi connectivity index (χ2v) is 4.23. The highest BCUT2D eigenvalue weighted by Gasteiger charge is 2.09. The third kappa shape index (κ3) is 2.34. The average molecular weight is 253 g/mol. The number of nitrogens with zero attached hydrogens (tertiary/aromatic N) is 1. The molecule has 0 amide bonds. The van der Waals surface area contributed by atoms with Gasteiger partial charge in [-0.15, -0.1) is 0 Å². The standard InChI is InChI=1S/C13H13F2NO2/c1-8(2)16-11-7-10(18-13(14)15)5-3-9(11)4-6-12(16)17/h3-8,13H,1-2H3. The highest BCUT2D eigenvalue weighted by molar-refractivity contribution is 5.80. The van der Waals surface area contributed by atoms with Crippen molar-refractivity contribution in [2.45, 2.75) is 26.5 Å². The maximum atomic E-state index is 12.2. The molecule has 0 saturated carbocycles. The lowest BCUT2D eigenvalue weighted by Gasteiger charge is -2.14. The number of pyridine rings is 1. The molecular weight excluding hydrogens is 240 g/mol. The van der Waals surface area contributed by atoms with Crippen molar-refractivity contribution in [2.75, 3.05) is 0 Å². The lowest BCUT2D eigenvalue weighted by atomic mass is 10.2. The van der Waals surface area contributed by atoms with Gasteiger partial charge in [0.05, 0.1) is 5.52 Å². The van der Waals surface area contributed by atoms with E-state index in [-0.39, 0.29) is 17.4 Å². The third-order valence-corrected chi connectivity index (χ3v) is 2.65. The van der Waals surface area contributed by atoms with Gasteiger partial charge in [-0.3, -0.25) is 4.79 Å². The quantitative estimate of drug-likeness (QED) is 0.841. The van der Waals surface area contributed by atoms with E-state index in [9.17, 15) is 13.6 Å². The van der Waals surface area contributed by atoms with E-state index in [0.717, 1.165) is 5.39 Å². The zero-order chi connectivity index (χ0) is 13.3. The van der Waals surface area contributed by atoms with E-state index >= 15 is 0 Å². The molecule has 0 spiro atoms. The number of halogens is 2. The van der Waals surface area contributed by atoms with Gasteiger partial charge < -0.3 is 9.30 Å². The van der Waals surface area contributed by atoms with Crippen LogP contribution in [0.1, 0.15) is 19.9 Å². The predicted octanol–water partition coefficient (Wildman–Crippen LogP) is 3.18. The van der Waals surface area contributed by atoms with E-state index in [1.165, 1.54) is 18.2 Å². The van der Waals surface area contributed by atoms with Gasteiger partial charge in [0.2, 0.25) is 0 Å². The first kappa shape index (κ1) is 12.5. The van der Waals surface area contributed by atoms with Crippen molar-refractivity contribution < 1.29 is 13.5 Å². The van der Waals surface area contributed by atoms with Gasteiger partial charge in [0.15, 0.2) is 0 Å². The molecule has 0 bridgehead atoms. The van der Waals surface area contributed by atoms with Gasteiger partial charge in [-0.1, -0.05) is 0 Å². The zero-order valence-electron chi connectivity index (χ0n) is 10.1. The molecule has 0 radical (unpaired) electrons. The number of rotatable bonds is 3. The molecule has 1 heterocycles. The Morgan fingerprint density at radius 2 is 1.83 bits per heavy atom. The molecule has 3 nitrogen and oxygen atoms in total. The third-order valence-electron chi connectivity index (χ3n) is 2.65. The molecule has 1 aromatic heterocycles. The summed E-state index contributed by atoms with van der Waals surface area (Å²) < 4.78 is 30.2. The van der Waals surface area contributed by atoms with Gasteiger partial charge in [0.25, 0.3) is 5.56 Å². The molecule has 2 aromatic rings. The first-order valence-corrected chi connectivity index (χ1v) is 5.59. The summed E-state index contributed by atoms with van der Waals surface area (Å²) in [5.74, 6) is 0.0532. The van der Waals surface area contributed by atoms with Gasteiger partial charge in [0.1, 0.15) is 5.75 Å². The molecule has 18 heavy (non-hydrogen) atoms. The van der Waals surface area contributed by atoms with E-state index in [4.69, 9.17) is 0 Å². The SMILES string of the molecule is CC(C)n1c(=O)ccc2ccc(OC(F)F)cc21. The van der Waals surface area contributed by atoms with Crippen molar-refractivity contribution in [3.63, 3.8) is 0 Å². The highest BCUT2D eigenvalue weighted by Crippen LogP contribution is 2.22. The van der Waals surface area contributed by atoms with Crippen molar-refractivity contribution >= 4 is 10.9 Å². The summed E-state index contributed by atoms with van der Waals surface area (Å²) in [6.07, 6.45) is 0. The molecule has 0 aliphatic heterocycles. The Balaban J connectivity index is 2.65. The molecule has 1 aromatic carbocycles. The van der Waals surface area contributed by atoms with Crippen molar-refractivity contribution in [1.29, 1.82) is 0 Å². The smallest absolute Gasteiger partial charge is 0.387 e. The Labute approximate surface area is 103 Å². The molecule has 0 aliphatic carbocycles. The Morgan fingerprint density at radius 3 is 2.44 bits per heavy atom. The van der Waals surface area contributed by atoms with Crippen molar-refractivity contribution in [1.82, 2.24) is 4.57 Å². The fourth-order valence-corrected chi connectivity index (χ4v) is 1.94. The van der Waals surface area contributed by atoms with E-state index in [1.807, 2.05) is 13.8 Å². The molecule has 5 heteroatoms. The normalized spacial score (nSPS) is 11.4. The molecule has 0 saturated heterocycles. The van der Waals surface area contributed by atoms with Gasteiger partial charge in [-0.25, -0.2) is 0 Å². The average Bonchev–Trinajstić information content (AvgIpc) is 2.27. The summed E-state index contributed by atoms with van der Waals surface area (Å²) in [4.78, 5) is 11.8. The molecule has 0 unspecified atom stereocenters. The number of fused-ring (bicyclic) bond motifs is 1. The van der Waals surface area contributed by atoms with Crippen LogP contribution >= 0.6 is 0 Å². The number of ether oxygens (including phenoxy) is 1. The largest absolute Gasteiger partial charge is 0.435 e. The predicted molar refractivity (Wildman–Crippen MR) is 65.2 cm³/mol. The molecule has 0 aliphatic rings. The van der Waals surface area contributed by atoms with Gasteiger partial charge in [0, 0.05) is 18.2 Å². The van der Waals surface area contributed by atoms with Crippen LogP contribution in [0.5, 0.6) is 5.75 Å². The topological polar surface area (TPSA) is 31.2 Å². The van der Waals surface area contributed by atoms with Crippen LogP contribution in [0.3, 0.4) is 0 Å². The Bertz CT molecular complexity index is 620. The monoisotopic (exact) mass is 253 g/mol. The second-order valence-electron chi connectivity index (χ2n) is 4.23. The first-order valence-electron chi connectivity index (χ1n) is 5.59. The Hall–Kier alpha value is -1.91. The highest BCUT2D eigenvalue weighted by atomic mass is 19.3. The summed E-state index contributed by atoms with van der Waals surface area (Å²) in [5, 5.41) is 0.810. The molecule has 96 valence electrons. The molecular formula is C13H13F2NO2. The van der Waals surface area contributed by atoms with E-state index in [0.29, 0.717) is 5.52 Å². The van der Waals surface area contributed by atoms with Gasteiger partial charge in [-0.05, 0) is 37.4 Å². The van der Waals surface area contributed by atoms with E-state index in [2.05, 4.69) is 4.74 Å². The fourth-order valence-electron chi connectivity index (χ4n) is 1.94. The number of aromatic nitrogens is 1. The maximum Gasteiger partial charge on any atom is 0.387 e. The van der Waals surface area contributed by atoms with Gasteiger partial charge in [-0.2, -0.15) is 8.78 Å².